The fraction of sp³-hybridized carbons (Fsp3) is 0.136. The van der Waals surface area contributed by atoms with E-state index >= 15 is 0 Å². The number of nitrogens with one attached hydrogen (secondary N) is 1. The van der Waals surface area contributed by atoms with Crippen LogP contribution < -0.4 is 5.32 Å². The van der Waals surface area contributed by atoms with E-state index in [-0.39, 0.29) is 23.9 Å². The molecule has 0 radical (unpaired) electrons. The maximum absolute atomic E-state index is 12.8. The van der Waals surface area contributed by atoms with Crippen molar-refractivity contribution in [3.63, 3.8) is 0 Å². The average Bonchev–Trinajstić information content (AvgIpc) is 3.18. The van der Waals surface area contributed by atoms with Crippen molar-refractivity contribution in [2.45, 2.75) is 12.3 Å². The van der Waals surface area contributed by atoms with Gasteiger partial charge in [0.1, 0.15) is 11.5 Å². The summed E-state index contributed by atoms with van der Waals surface area (Å²) in [5.74, 6) is 0.665. The van der Waals surface area contributed by atoms with Crippen LogP contribution in [-0.4, -0.2) is 37.5 Å². The molecule has 4 aromatic rings. The molecule has 9 heteroatoms. The minimum Gasteiger partial charge on any atom is -0.323 e. The monoisotopic (exact) mass is 451 g/mol. The molecule has 1 aromatic carbocycles. The number of aromatic nitrogens is 4. The molecule has 7 nitrogen and oxygen atoms in total. The van der Waals surface area contributed by atoms with Gasteiger partial charge in [0, 0.05) is 34.6 Å². The highest BCUT2D eigenvalue weighted by Crippen LogP contribution is 2.17. The summed E-state index contributed by atoms with van der Waals surface area (Å²) < 4.78 is 1.97. The fourth-order valence-electron chi connectivity index (χ4n) is 3.03. The highest BCUT2D eigenvalue weighted by molar-refractivity contribution is 7.97. The molecular formula is C22H18ClN5O2S. The van der Waals surface area contributed by atoms with Crippen LogP contribution in [0.5, 0.6) is 0 Å². The summed E-state index contributed by atoms with van der Waals surface area (Å²) in [7, 11) is 0. The van der Waals surface area contributed by atoms with Crippen molar-refractivity contribution in [3.8, 4) is 0 Å². The number of benzene rings is 1. The van der Waals surface area contributed by atoms with E-state index in [0.717, 1.165) is 16.8 Å². The predicted octanol–water partition coefficient (Wildman–Crippen LogP) is 4.21. The zero-order valence-electron chi connectivity index (χ0n) is 16.6. The number of anilines is 1. The first-order valence-corrected chi connectivity index (χ1v) is 11.2. The second-order valence-corrected chi connectivity index (χ2v) is 8.06. The van der Waals surface area contributed by atoms with Crippen molar-refractivity contribution in [1.82, 2.24) is 19.5 Å². The standard InChI is InChI=1S/C22H18ClN5O2S/c1-31-13-28-9-8-16-12-25-21(27-22(16)28)20(30)15-4-7-18(24-11-15)26-19(29)10-14-2-5-17(23)6-3-14/h2-9,11-12H,10,13H2,1H3,(H,24,26,29). The Morgan fingerprint density at radius 2 is 1.87 bits per heavy atom. The Kier molecular flexibility index (Phi) is 6.29. The average molecular weight is 452 g/mol. The Morgan fingerprint density at radius 3 is 2.58 bits per heavy atom. The third-order valence-electron chi connectivity index (χ3n) is 4.54. The summed E-state index contributed by atoms with van der Waals surface area (Å²) in [6.45, 7) is 0. The first-order chi connectivity index (χ1) is 15.0. The Hall–Kier alpha value is -3.23. The summed E-state index contributed by atoms with van der Waals surface area (Å²) in [5, 5.41) is 4.22. The smallest absolute Gasteiger partial charge is 0.231 e. The molecule has 4 rings (SSSR count). The van der Waals surface area contributed by atoms with E-state index in [0.29, 0.717) is 22.1 Å². The maximum atomic E-state index is 12.8. The van der Waals surface area contributed by atoms with Crippen LogP contribution in [0.3, 0.4) is 0 Å². The molecule has 0 fully saturated rings. The van der Waals surface area contributed by atoms with Crippen molar-refractivity contribution < 1.29 is 9.59 Å². The molecule has 0 aliphatic rings. The molecule has 0 saturated carbocycles. The number of halogens is 1. The highest BCUT2D eigenvalue weighted by atomic mass is 35.5. The third kappa shape index (κ3) is 4.92. The van der Waals surface area contributed by atoms with Crippen LogP contribution in [0.2, 0.25) is 5.02 Å². The van der Waals surface area contributed by atoms with Crippen LogP contribution in [0.25, 0.3) is 11.0 Å². The fourth-order valence-corrected chi connectivity index (χ4v) is 3.64. The van der Waals surface area contributed by atoms with Gasteiger partial charge in [-0.2, -0.15) is 0 Å². The van der Waals surface area contributed by atoms with Crippen LogP contribution >= 0.6 is 23.4 Å². The second kappa shape index (κ2) is 9.28. The first kappa shape index (κ1) is 21.0. The molecule has 0 atom stereocenters. The maximum Gasteiger partial charge on any atom is 0.231 e. The zero-order valence-corrected chi connectivity index (χ0v) is 18.2. The van der Waals surface area contributed by atoms with Crippen LogP contribution in [0, 0.1) is 0 Å². The lowest BCUT2D eigenvalue weighted by molar-refractivity contribution is -0.115. The first-order valence-electron chi connectivity index (χ1n) is 9.39. The van der Waals surface area contributed by atoms with Gasteiger partial charge in [0.15, 0.2) is 0 Å². The van der Waals surface area contributed by atoms with Gasteiger partial charge in [-0.15, -0.1) is 11.8 Å². The van der Waals surface area contributed by atoms with Crippen molar-refractivity contribution in [2.24, 2.45) is 0 Å². The summed E-state index contributed by atoms with van der Waals surface area (Å²) in [6, 6.07) is 12.2. The van der Waals surface area contributed by atoms with Crippen molar-refractivity contribution >= 4 is 51.9 Å². The number of carbonyl (C=O) groups excluding carboxylic acids is 2. The summed E-state index contributed by atoms with van der Waals surface area (Å²) in [6.07, 6.45) is 7.18. The van der Waals surface area contributed by atoms with Gasteiger partial charge < -0.3 is 9.88 Å². The number of rotatable bonds is 7. The number of pyridine rings is 1. The van der Waals surface area contributed by atoms with Crippen LogP contribution in [0.4, 0.5) is 5.82 Å². The lowest BCUT2D eigenvalue weighted by Crippen LogP contribution is -2.15. The molecular weight excluding hydrogens is 434 g/mol. The topological polar surface area (TPSA) is 89.8 Å². The van der Waals surface area contributed by atoms with Crippen molar-refractivity contribution in [2.75, 3.05) is 11.6 Å². The summed E-state index contributed by atoms with van der Waals surface area (Å²) >= 11 is 7.52. The molecule has 3 heterocycles. The molecule has 0 aliphatic carbocycles. The summed E-state index contributed by atoms with van der Waals surface area (Å²) in [5.41, 5.74) is 1.90. The number of fused-ring (bicyclic) bond motifs is 1. The molecule has 0 unspecified atom stereocenters. The van der Waals surface area contributed by atoms with Crippen molar-refractivity contribution in [3.05, 3.63) is 83.0 Å². The number of carbonyl (C=O) groups is 2. The van der Waals surface area contributed by atoms with E-state index < -0.39 is 0 Å². The Bertz CT molecular complexity index is 1240. The van der Waals surface area contributed by atoms with Gasteiger partial charge in [-0.1, -0.05) is 23.7 Å². The lowest BCUT2D eigenvalue weighted by atomic mass is 10.1. The van der Waals surface area contributed by atoms with Gasteiger partial charge in [-0.3, -0.25) is 9.59 Å². The van der Waals surface area contributed by atoms with Gasteiger partial charge in [-0.25, -0.2) is 15.0 Å². The third-order valence-corrected chi connectivity index (χ3v) is 5.33. The Balaban J connectivity index is 1.45. The second-order valence-electron chi connectivity index (χ2n) is 6.79. The van der Waals surface area contributed by atoms with Crippen LogP contribution in [0.15, 0.2) is 61.1 Å². The van der Waals surface area contributed by atoms with E-state index in [1.54, 1.807) is 54.4 Å². The number of hydrogen-bond acceptors (Lipinski definition) is 6. The minimum atomic E-state index is -0.328. The van der Waals surface area contributed by atoms with E-state index in [2.05, 4.69) is 20.3 Å². The van der Waals surface area contributed by atoms with Crippen LogP contribution in [0.1, 0.15) is 21.7 Å². The highest BCUT2D eigenvalue weighted by Gasteiger charge is 2.15. The minimum absolute atomic E-state index is 0.106. The number of thioether (sulfide) groups is 1. The SMILES string of the molecule is CSCn1ccc2cnc(C(=O)c3ccc(NC(=O)Cc4ccc(Cl)cc4)nc3)nc21. The summed E-state index contributed by atoms with van der Waals surface area (Å²) in [4.78, 5) is 37.8. The van der Waals surface area contributed by atoms with Gasteiger partial charge in [0.25, 0.3) is 0 Å². The van der Waals surface area contributed by atoms with Gasteiger partial charge in [-0.05, 0) is 42.2 Å². The van der Waals surface area contributed by atoms with Gasteiger partial charge in [0.05, 0.1) is 12.3 Å². The molecule has 0 spiro atoms. The van der Waals surface area contributed by atoms with Gasteiger partial charge >= 0.3 is 0 Å². The van der Waals surface area contributed by atoms with Crippen LogP contribution in [-0.2, 0) is 17.1 Å². The van der Waals surface area contributed by atoms with E-state index in [1.807, 2.05) is 23.1 Å². The number of ketones is 1. The van der Waals surface area contributed by atoms with E-state index in [9.17, 15) is 9.59 Å². The molecule has 31 heavy (non-hydrogen) atoms. The molecule has 0 bridgehead atoms. The molecule has 1 amide bonds. The predicted molar refractivity (Wildman–Crippen MR) is 122 cm³/mol. The quantitative estimate of drug-likeness (QED) is 0.423. The lowest BCUT2D eigenvalue weighted by Gasteiger charge is -2.06. The molecule has 0 saturated heterocycles. The van der Waals surface area contributed by atoms with E-state index in [4.69, 9.17) is 11.6 Å². The molecule has 156 valence electrons. The zero-order chi connectivity index (χ0) is 21.8. The number of hydrogen-bond donors (Lipinski definition) is 1. The molecule has 0 aliphatic heterocycles. The van der Waals surface area contributed by atoms with Crippen molar-refractivity contribution in [1.29, 1.82) is 0 Å². The largest absolute Gasteiger partial charge is 0.323 e. The normalized spacial score (nSPS) is 10.9. The van der Waals surface area contributed by atoms with E-state index in [1.165, 1.54) is 6.20 Å². The number of amides is 1. The molecule has 3 aromatic heterocycles. The van der Waals surface area contributed by atoms with Gasteiger partial charge in [0.2, 0.25) is 17.5 Å². The Labute approximate surface area is 187 Å². The Morgan fingerprint density at radius 1 is 1.06 bits per heavy atom. The number of nitrogens with zero attached hydrogens (tertiary/aromatic N) is 4. The molecule has 1 N–H and O–H groups in total.